The molecule has 1 N–H and O–H groups in total. The Balaban J connectivity index is 2.10. The van der Waals surface area contributed by atoms with Gasteiger partial charge in [-0.05, 0) is 44.4 Å². The molecule has 0 aromatic heterocycles. The van der Waals surface area contributed by atoms with Crippen LogP contribution in [-0.2, 0) is 4.79 Å². The predicted octanol–water partition coefficient (Wildman–Crippen LogP) is 3.48. The van der Waals surface area contributed by atoms with Gasteiger partial charge in [-0.2, -0.15) is 0 Å². The van der Waals surface area contributed by atoms with Crippen molar-refractivity contribution in [3.05, 3.63) is 0 Å². The maximum atomic E-state index is 11.6. The van der Waals surface area contributed by atoms with E-state index >= 15 is 0 Å². The van der Waals surface area contributed by atoms with E-state index in [9.17, 15) is 4.79 Å². The number of alkyl halides is 1. The zero-order chi connectivity index (χ0) is 11.8. The summed E-state index contributed by atoms with van der Waals surface area (Å²) in [5, 5.41) is 3.14. The highest BCUT2D eigenvalue weighted by atomic mass is 35.5. The van der Waals surface area contributed by atoms with E-state index in [2.05, 4.69) is 12.2 Å². The number of nitrogens with one attached hydrogen (secondary N) is 1. The second-order valence-corrected chi connectivity index (χ2v) is 5.22. The normalized spacial score (nSPS) is 25.4. The summed E-state index contributed by atoms with van der Waals surface area (Å²) in [5.41, 5.74) is 0. The van der Waals surface area contributed by atoms with E-state index in [0.29, 0.717) is 18.3 Å². The first-order valence-corrected chi connectivity index (χ1v) is 7.15. The number of unbranched alkanes of at least 4 members (excludes halogenated alkanes) is 1. The third-order valence-corrected chi connectivity index (χ3v) is 3.84. The van der Waals surface area contributed by atoms with E-state index in [-0.39, 0.29) is 5.91 Å². The van der Waals surface area contributed by atoms with Gasteiger partial charge in [0.15, 0.2) is 0 Å². The standard InChI is InChI=1S/C13H24ClNO/c1-2-11-6-8-12(9-7-11)15-13(16)5-3-4-10-14/h11-12H,2-10H2,1H3,(H,15,16). The van der Waals surface area contributed by atoms with Crippen LogP contribution in [0.25, 0.3) is 0 Å². The Bertz CT molecular complexity index is 200. The minimum atomic E-state index is 0.213. The molecule has 0 heterocycles. The van der Waals surface area contributed by atoms with Crippen LogP contribution in [0.2, 0.25) is 0 Å². The SMILES string of the molecule is CCC1CCC(NC(=O)CCCCCl)CC1. The van der Waals surface area contributed by atoms with Gasteiger partial charge in [-0.15, -0.1) is 11.6 Å². The van der Waals surface area contributed by atoms with Crippen molar-refractivity contribution in [1.29, 1.82) is 0 Å². The third-order valence-electron chi connectivity index (χ3n) is 3.58. The van der Waals surface area contributed by atoms with Crippen molar-refractivity contribution in [3.63, 3.8) is 0 Å². The first-order valence-electron chi connectivity index (χ1n) is 6.61. The minimum Gasteiger partial charge on any atom is -0.353 e. The molecular weight excluding hydrogens is 222 g/mol. The van der Waals surface area contributed by atoms with Crippen LogP contribution in [0.3, 0.4) is 0 Å². The Morgan fingerprint density at radius 2 is 1.94 bits per heavy atom. The summed E-state index contributed by atoms with van der Waals surface area (Å²) in [7, 11) is 0. The largest absolute Gasteiger partial charge is 0.353 e. The highest BCUT2D eigenvalue weighted by Gasteiger charge is 2.20. The van der Waals surface area contributed by atoms with Crippen LogP contribution in [0.1, 0.15) is 58.3 Å². The van der Waals surface area contributed by atoms with Crippen LogP contribution < -0.4 is 5.32 Å². The monoisotopic (exact) mass is 245 g/mol. The van der Waals surface area contributed by atoms with Crippen molar-refractivity contribution in [3.8, 4) is 0 Å². The van der Waals surface area contributed by atoms with Gasteiger partial charge in [0.25, 0.3) is 0 Å². The molecule has 1 aliphatic rings. The first kappa shape index (κ1) is 13.8. The van der Waals surface area contributed by atoms with Crippen molar-refractivity contribution in [2.75, 3.05) is 5.88 Å². The molecule has 0 atom stereocenters. The Hall–Kier alpha value is -0.240. The van der Waals surface area contributed by atoms with Gasteiger partial charge in [-0.3, -0.25) is 4.79 Å². The quantitative estimate of drug-likeness (QED) is 0.563. The van der Waals surface area contributed by atoms with Crippen molar-refractivity contribution >= 4 is 17.5 Å². The Morgan fingerprint density at radius 1 is 1.25 bits per heavy atom. The smallest absolute Gasteiger partial charge is 0.220 e. The van der Waals surface area contributed by atoms with Gasteiger partial charge in [0.1, 0.15) is 0 Å². The Morgan fingerprint density at radius 3 is 2.50 bits per heavy atom. The maximum absolute atomic E-state index is 11.6. The molecule has 0 radical (unpaired) electrons. The molecule has 3 heteroatoms. The number of carbonyl (C=O) groups is 1. The molecule has 0 unspecified atom stereocenters. The Kier molecular flexibility index (Phi) is 6.86. The second-order valence-electron chi connectivity index (χ2n) is 4.84. The molecule has 0 saturated heterocycles. The number of hydrogen-bond acceptors (Lipinski definition) is 1. The maximum Gasteiger partial charge on any atom is 0.220 e. The van der Waals surface area contributed by atoms with Gasteiger partial charge in [-0.25, -0.2) is 0 Å². The lowest BCUT2D eigenvalue weighted by Crippen LogP contribution is -2.37. The average molecular weight is 246 g/mol. The van der Waals surface area contributed by atoms with Crippen LogP contribution in [0.5, 0.6) is 0 Å². The third kappa shape index (κ3) is 5.20. The molecule has 1 amide bonds. The average Bonchev–Trinajstić information content (AvgIpc) is 2.30. The molecule has 0 aromatic carbocycles. The molecule has 1 rings (SSSR count). The molecular formula is C13H24ClNO. The van der Waals surface area contributed by atoms with Crippen molar-refractivity contribution in [2.45, 2.75) is 64.3 Å². The number of carbonyl (C=O) groups excluding carboxylic acids is 1. The van der Waals surface area contributed by atoms with Gasteiger partial charge in [0.05, 0.1) is 0 Å². The fourth-order valence-corrected chi connectivity index (χ4v) is 2.58. The van der Waals surface area contributed by atoms with Gasteiger partial charge < -0.3 is 5.32 Å². The topological polar surface area (TPSA) is 29.1 Å². The fraction of sp³-hybridized carbons (Fsp3) is 0.923. The van der Waals surface area contributed by atoms with E-state index in [1.807, 2.05) is 0 Å². The van der Waals surface area contributed by atoms with E-state index < -0.39 is 0 Å². The predicted molar refractivity (Wildman–Crippen MR) is 68.8 cm³/mol. The molecule has 0 aliphatic heterocycles. The Labute approximate surface area is 104 Å². The number of amides is 1. The van der Waals surface area contributed by atoms with Crippen molar-refractivity contribution in [2.24, 2.45) is 5.92 Å². The lowest BCUT2D eigenvalue weighted by Gasteiger charge is -2.28. The molecule has 0 aromatic rings. The zero-order valence-electron chi connectivity index (χ0n) is 10.3. The fourth-order valence-electron chi connectivity index (χ4n) is 2.39. The molecule has 1 fully saturated rings. The lowest BCUT2D eigenvalue weighted by molar-refractivity contribution is -0.122. The van der Waals surface area contributed by atoms with Crippen molar-refractivity contribution < 1.29 is 4.79 Å². The van der Waals surface area contributed by atoms with Gasteiger partial charge in [0, 0.05) is 18.3 Å². The van der Waals surface area contributed by atoms with E-state index in [1.165, 1.54) is 32.1 Å². The van der Waals surface area contributed by atoms with Crippen LogP contribution in [0, 0.1) is 5.92 Å². The van der Waals surface area contributed by atoms with Crippen LogP contribution in [0.15, 0.2) is 0 Å². The molecule has 16 heavy (non-hydrogen) atoms. The molecule has 1 saturated carbocycles. The highest BCUT2D eigenvalue weighted by Crippen LogP contribution is 2.26. The summed E-state index contributed by atoms with van der Waals surface area (Å²) in [6.45, 7) is 2.26. The number of halogens is 1. The summed E-state index contributed by atoms with van der Waals surface area (Å²) in [6.07, 6.45) is 8.68. The molecule has 0 spiro atoms. The second kappa shape index (κ2) is 7.94. The summed E-state index contributed by atoms with van der Waals surface area (Å²) >= 11 is 5.58. The summed E-state index contributed by atoms with van der Waals surface area (Å²) in [5.74, 6) is 1.77. The van der Waals surface area contributed by atoms with Gasteiger partial charge in [-0.1, -0.05) is 13.3 Å². The van der Waals surface area contributed by atoms with E-state index in [0.717, 1.165) is 18.8 Å². The zero-order valence-corrected chi connectivity index (χ0v) is 11.1. The van der Waals surface area contributed by atoms with Crippen LogP contribution >= 0.6 is 11.6 Å². The van der Waals surface area contributed by atoms with E-state index in [1.54, 1.807) is 0 Å². The van der Waals surface area contributed by atoms with Crippen molar-refractivity contribution in [1.82, 2.24) is 5.32 Å². The summed E-state index contributed by atoms with van der Waals surface area (Å²) < 4.78 is 0. The van der Waals surface area contributed by atoms with E-state index in [4.69, 9.17) is 11.6 Å². The molecule has 0 bridgehead atoms. The van der Waals surface area contributed by atoms with Gasteiger partial charge in [0.2, 0.25) is 5.91 Å². The molecule has 1 aliphatic carbocycles. The first-order chi connectivity index (χ1) is 7.76. The van der Waals surface area contributed by atoms with Gasteiger partial charge >= 0.3 is 0 Å². The summed E-state index contributed by atoms with van der Waals surface area (Å²) in [4.78, 5) is 11.6. The number of rotatable bonds is 6. The minimum absolute atomic E-state index is 0.213. The summed E-state index contributed by atoms with van der Waals surface area (Å²) in [6, 6.07) is 0.436. The van der Waals surface area contributed by atoms with Crippen LogP contribution in [-0.4, -0.2) is 17.8 Å². The number of hydrogen-bond donors (Lipinski definition) is 1. The molecule has 94 valence electrons. The molecule has 2 nitrogen and oxygen atoms in total. The lowest BCUT2D eigenvalue weighted by atomic mass is 9.84. The highest BCUT2D eigenvalue weighted by molar-refractivity contribution is 6.17. The van der Waals surface area contributed by atoms with Crippen LogP contribution in [0.4, 0.5) is 0 Å².